The van der Waals surface area contributed by atoms with Crippen LogP contribution in [0.2, 0.25) is 0 Å². The fourth-order valence-corrected chi connectivity index (χ4v) is 4.59. The van der Waals surface area contributed by atoms with Crippen molar-refractivity contribution in [3.8, 4) is 5.75 Å². The molecule has 0 aromatic heterocycles. The lowest BCUT2D eigenvalue weighted by Gasteiger charge is -2.37. The monoisotopic (exact) mass is 456 g/mol. The molecular formula is C29H32N2O3. The van der Waals surface area contributed by atoms with E-state index in [0.29, 0.717) is 25.3 Å². The number of nitrogens with one attached hydrogen (secondary N) is 1. The van der Waals surface area contributed by atoms with Crippen molar-refractivity contribution in [1.82, 2.24) is 10.2 Å². The molecule has 1 heterocycles. The Bertz CT molecular complexity index is 1160. The number of ether oxygens (including phenoxy) is 1. The highest BCUT2D eigenvalue weighted by Gasteiger charge is 2.31. The minimum atomic E-state index is -0.591. The Kier molecular flexibility index (Phi) is 7.31. The van der Waals surface area contributed by atoms with Crippen LogP contribution in [0.4, 0.5) is 0 Å². The number of rotatable bonds is 7. The summed E-state index contributed by atoms with van der Waals surface area (Å²) in [4.78, 5) is 27.2. The van der Waals surface area contributed by atoms with Gasteiger partial charge in [0.25, 0.3) is 5.91 Å². The van der Waals surface area contributed by atoms with Crippen molar-refractivity contribution in [3.05, 3.63) is 101 Å². The van der Waals surface area contributed by atoms with Crippen molar-refractivity contribution in [2.45, 2.75) is 52.3 Å². The van der Waals surface area contributed by atoms with Gasteiger partial charge in [-0.1, -0.05) is 73.2 Å². The molecule has 0 unspecified atom stereocenters. The fraction of sp³-hybridized carbons (Fsp3) is 0.310. The molecule has 3 aromatic rings. The Morgan fingerprint density at radius 2 is 1.85 bits per heavy atom. The predicted molar refractivity (Wildman–Crippen MR) is 134 cm³/mol. The highest BCUT2D eigenvalue weighted by Crippen LogP contribution is 2.37. The maximum absolute atomic E-state index is 12.8. The van der Waals surface area contributed by atoms with Gasteiger partial charge in [0.05, 0.1) is 6.04 Å². The van der Waals surface area contributed by atoms with Crippen molar-refractivity contribution in [3.63, 3.8) is 0 Å². The second-order valence-corrected chi connectivity index (χ2v) is 8.86. The van der Waals surface area contributed by atoms with Gasteiger partial charge in [0.1, 0.15) is 5.75 Å². The van der Waals surface area contributed by atoms with Gasteiger partial charge < -0.3 is 15.0 Å². The van der Waals surface area contributed by atoms with E-state index in [-0.39, 0.29) is 17.9 Å². The van der Waals surface area contributed by atoms with E-state index in [0.717, 1.165) is 28.7 Å². The summed E-state index contributed by atoms with van der Waals surface area (Å²) in [6.07, 6.45) is 0.761. The van der Waals surface area contributed by atoms with Crippen LogP contribution in [0.1, 0.15) is 54.1 Å². The Morgan fingerprint density at radius 3 is 2.56 bits per heavy atom. The highest BCUT2D eigenvalue weighted by atomic mass is 16.5. The molecule has 0 fully saturated rings. The lowest BCUT2D eigenvalue weighted by atomic mass is 9.87. The summed E-state index contributed by atoms with van der Waals surface area (Å²) in [5.41, 5.74) is 5.55. The minimum Gasteiger partial charge on any atom is -0.481 e. The quantitative estimate of drug-likeness (QED) is 0.547. The summed E-state index contributed by atoms with van der Waals surface area (Å²) in [5.74, 6) is 0.559. The molecule has 34 heavy (non-hydrogen) atoms. The molecule has 1 aliphatic heterocycles. The number of hydrogen-bond acceptors (Lipinski definition) is 3. The van der Waals surface area contributed by atoms with E-state index in [1.54, 1.807) is 6.92 Å². The molecule has 2 atom stereocenters. The van der Waals surface area contributed by atoms with Crippen LogP contribution in [-0.2, 0) is 22.6 Å². The van der Waals surface area contributed by atoms with E-state index < -0.39 is 6.10 Å². The third kappa shape index (κ3) is 5.30. The van der Waals surface area contributed by atoms with Gasteiger partial charge in [-0.05, 0) is 54.2 Å². The van der Waals surface area contributed by atoms with Crippen molar-refractivity contribution >= 4 is 11.8 Å². The number of nitrogens with zero attached hydrogens (tertiary/aromatic N) is 1. The number of amides is 2. The van der Waals surface area contributed by atoms with Crippen LogP contribution in [0.3, 0.4) is 0 Å². The second kappa shape index (κ2) is 10.6. The number of aryl methyl sites for hydroxylation is 1. The van der Waals surface area contributed by atoms with Crippen molar-refractivity contribution in [2.24, 2.45) is 0 Å². The van der Waals surface area contributed by atoms with Crippen LogP contribution in [0.5, 0.6) is 5.75 Å². The Morgan fingerprint density at radius 1 is 1.06 bits per heavy atom. The molecule has 5 heteroatoms. The minimum absolute atomic E-state index is 0.0511. The summed E-state index contributed by atoms with van der Waals surface area (Å²) >= 11 is 0. The van der Waals surface area contributed by atoms with Crippen LogP contribution in [0.15, 0.2) is 72.8 Å². The maximum Gasteiger partial charge on any atom is 0.261 e. The zero-order chi connectivity index (χ0) is 24.1. The van der Waals surface area contributed by atoms with Crippen LogP contribution < -0.4 is 10.1 Å². The van der Waals surface area contributed by atoms with Gasteiger partial charge in [-0.25, -0.2) is 0 Å². The molecule has 1 aliphatic rings. The molecule has 2 amide bonds. The summed E-state index contributed by atoms with van der Waals surface area (Å²) in [6, 6.07) is 24.0. The van der Waals surface area contributed by atoms with E-state index in [2.05, 4.69) is 36.5 Å². The molecule has 0 saturated heterocycles. The molecule has 0 saturated carbocycles. The van der Waals surface area contributed by atoms with Gasteiger partial charge >= 0.3 is 0 Å². The van der Waals surface area contributed by atoms with Gasteiger partial charge in [-0.2, -0.15) is 0 Å². The molecule has 5 nitrogen and oxygen atoms in total. The molecule has 0 aliphatic carbocycles. The standard InChI is InChI=1S/C29H32N2O3/c1-4-27(29(33)30-19-22-10-6-5-7-11-22)34-25-14-13-23-15-16-31(21(3)32)28(26(23)18-25)24-12-8-9-20(2)17-24/h5-14,17-18,27-28H,4,15-16,19H2,1-3H3,(H,30,33)/t27-,28+/m1/s1. The predicted octanol–water partition coefficient (Wildman–Crippen LogP) is 4.96. The normalized spacial score (nSPS) is 15.9. The fourth-order valence-electron chi connectivity index (χ4n) is 4.59. The van der Waals surface area contributed by atoms with E-state index in [1.807, 2.05) is 60.4 Å². The van der Waals surface area contributed by atoms with Crippen LogP contribution in [0, 0.1) is 6.92 Å². The van der Waals surface area contributed by atoms with Crippen LogP contribution >= 0.6 is 0 Å². The Labute approximate surface area is 201 Å². The molecule has 3 aromatic carbocycles. The zero-order valence-electron chi connectivity index (χ0n) is 20.1. The van der Waals surface area contributed by atoms with Gasteiger partial charge in [0.15, 0.2) is 6.10 Å². The summed E-state index contributed by atoms with van der Waals surface area (Å²) < 4.78 is 6.17. The summed E-state index contributed by atoms with van der Waals surface area (Å²) in [6.45, 7) is 6.77. The number of carbonyl (C=O) groups is 2. The lowest BCUT2D eigenvalue weighted by molar-refractivity contribution is -0.131. The summed E-state index contributed by atoms with van der Waals surface area (Å²) in [5, 5.41) is 2.98. The first-order chi connectivity index (χ1) is 16.5. The molecule has 176 valence electrons. The van der Waals surface area contributed by atoms with Crippen molar-refractivity contribution in [2.75, 3.05) is 6.54 Å². The summed E-state index contributed by atoms with van der Waals surface area (Å²) in [7, 11) is 0. The Hall–Kier alpha value is -3.60. The molecule has 0 spiro atoms. The van der Waals surface area contributed by atoms with Crippen molar-refractivity contribution in [1.29, 1.82) is 0 Å². The van der Waals surface area contributed by atoms with Crippen LogP contribution in [0.25, 0.3) is 0 Å². The smallest absolute Gasteiger partial charge is 0.261 e. The van der Waals surface area contributed by atoms with E-state index >= 15 is 0 Å². The maximum atomic E-state index is 12.8. The van der Waals surface area contributed by atoms with E-state index in [9.17, 15) is 9.59 Å². The number of carbonyl (C=O) groups excluding carboxylic acids is 2. The number of benzene rings is 3. The van der Waals surface area contributed by atoms with E-state index in [1.165, 1.54) is 5.56 Å². The third-order valence-corrected chi connectivity index (χ3v) is 6.36. The SMILES string of the molecule is CC[C@@H](Oc1ccc2c(c1)[C@H](c1cccc(C)c1)N(C(C)=O)CC2)C(=O)NCc1ccccc1. The first-order valence-electron chi connectivity index (χ1n) is 11.9. The first-order valence-corrected chi connectivity index (χ1v) is 11.9. The largest absolute Gasteiger partial charge is 0.481 e. The number of fused-ring (bicyclic) bond motifs is 1. The molecule has 1 N–H and O–H groups in total. The molecule has 0 radical (unpaired) electrons. The molecular weight excluding hydrogens is 424 g/mol. The van der Waals surface area contributed by atoms with Crippen molar-refractivity contribution < 1.29 is 14.3 Å². The highest BCUT2D eigenvalue weighted by molar-refractivity contribution is 5.81. The Balaban J connectivity index is 1.57. The van der Waals surface area contributed by atoms with Crippen LogP contribution in [-0.4, -0.2) is 29.4 Å². The zero-order valence-corrected chi connectivity index (χ0v) is 20.1. The molecule has 4 rings (SSSR count). The van der Waals surface area contributed by atoms with E-state index in [4.69, 9.17) is 4.74 Å². The third-order valence-electron chi connectivity index (χ3n) is 6.36. The average molecular weight is 457 g/mol. The second-order valence-electron chi connectivity index (χ2n) is 8.86. The van der Waals surface area contributed by atoms with Gasteiger partial charge in [-0.15, -0.1) is 0 Å². The van der Waals surface area contributed by atoms with Gasteiger partial charge in [-0.3, -0.25) is 9.59 Å². The topological polar surface area (TPSA) is 58.6 Å². The average Bonchev–Trinajstić information content (AvgIpc) is 2.85. The van der Waals surface area contributed by atoms with Gasteiger partial charge in [0, 0.05) is 20.0 Å². The first kappa shape index (κ1) is 23.6. The number of hydrogen-bond donors (Lipinski definition) is 1. The molecule has 0 bridgehead atoms. The van der Waals surface area contributed by atoms with Gasteiger partial charge in [0.2, 0.25) is 5.91 Å². The lowest BCUT2D eigenvalue weighted by Crippen LogP contribution is -2.39.